The van der Waals surface area contributed by atoms with Gasteiger partial charge in [0.2, 0.25) is 0 Å². The van der Waals surface area contributed by atoms with E-state index in [2.05, 4.69) is 20.0 Å². The van der Waals surface area contributed by atoms with Gasteiger partial charge in [-0.15, -0.1) is 13.2 Å². The summed E-state index contributed by atoms with van der Waals surface area (Å²) in [6.45, 7) is 1.64. The van der Waals surface area contributed by atoms with Crippen molar-refractivity contribution in [3.8, 4) is 5.75 Å². The number of nitrogens with zero attached hydrogens (tertiary/aromatic N) is 2. The van der Waals surface area contributed by atoms with Gasteiger partial charge >= 0.3 is 6.36 Å². The molecule has 0 spiro atoms. The number of halogens is 6. The second-order valence-electron chi connectivity index (χ2n) is 7.40. The minimum Gasteiger partial charge on any atom is -0.405 e. The van der Waals surface area contributed by atoms with Gasteiger partial charge in [-0.05, 0) is 48.9 Å². The summed E-state index contributed by atoms with van der Waals surface area (Å²) in [6, 6.07) is 8.41. The first kappa shape index (κ1) is 27.1. The van der Waals surface area contributed by atoms with Crippen LogP contribution in [0.4, 0.5) is 23.4 Å². The molecule has 3 aromatic rings. The number of aromatic nitrogens is 1. The molecule has 12 heteroatoms. The number of anilines is 1. The lowest BCUT2D eigenvalue weighted by Crippen LogP contribution is -2.22. The number of nitrogens with one attached hydrogen (secondary N) is 1. The summed E-state index contributed by atoms with van der Waals surface area (Å²) in [5.41, 5.74) is -0.280. The zero-order valence-electron chi connectivity index (χ0n) is 18.7. The van der Waals surface area contributed by atoms with Gasteiger partial charge in [-0.3, -0.25) is 14.6 Å². The fourth-order valence-electron chi connectivity index (χ4n) is 3.20. The first-order chi connectivity index (χ1) is 16.9. The molecule has 6 nitrogen and oxygen atoms in total. The number of pyridine rings is 1. The number of carbonyl (C=O) groups excluding carboxylic acids is 2. The molecule has 0 saturated heterocycles. The lowest BCUT2D eigenvalue weighted by Gasteiger charge is -2.17. The topological polar surface area (TPSA) is 80.6 Å². The Bertz CT molecular complexity index is 1340. The van der Waals surface area contributed by atoms with Crippen molar-refractivity contribution in [3.05, 3.63) is 86.8 Å². The molecule has 0 atom stereocenters. The molecule has 0 aliphatic carbocycles. The fourth-order valence-corrected chi connectivity index (χ4v) is 3.52. The van der Waals surface area contributed by atoms with Gasteiger partial charge in [-0.2, -0.15) is 0 Å². The first-order valence-corrected chi connectivity index (χ1v) is 10.9. The molecule has 1 N–H and O–H groups in total. The standard InChI is InChI=1S/C24H17Cl2F4N3O3/c1-12(31-2)13-3-5-16(19(27)7-13)20(34)10-17-18(8-15(26)9-21(17)36-24(28,29)30)23(35)33-22-6-4-14(25)11-32-22/h3-9,11H,10H2,1-2H3,(H,32,33,35). The molecule has 1 amide bonds. The number of benzene rings is 2. The van der Waals surface area contributed by atoms with Crippen LogP contribution in [0.2, 0.25) is 10.0 Å². The van der Waals surface area contributed by atoms with Crippen LogP contribution in [0.5, 0.6) is 5.75 Å². The highest BCUT2D eigenvalue weighted by atomic mass is 35.5. The number of amides is 1. The number of carbonyl (C=O) groups is 2. The predicted molar refractivity (Wildman–Crippen MR) is 128 cm³/mol. The minimum atomic E-state index is -5.15. The number of ketones is 1. The summed E-state index contributed by atoms with van der Waals surface area (Å²) >= 11 is 11.7. The van der Waals surface area contributed by atoms with Crippen LogP contribution in [-0.4, -0.2) is 35.8 Å². The van der Waals surface area contributed by atoms with Crippen molar-refractivity contribution in [1.82, 2.24) is 4.98 Å². The quantitative estimate of drug-likeness (QED) is 0.209. The van der Waals surface area contributed by atoms with Crippen molar-refractivity contribution in [2.45, 2.75) is 19.7 Å². The van der Waals surface area contributed by atoms with Crippen molar-refractivity contribution in [3.63, 3.8) is 0 Å². The SMILES string of the molecule is CN=C(C)c1ccc(C(=O)Cc2c(OC(F)(F)F)cc(Cl)cc2C(=O)Nc2ccc(Cl)cn2)c(F)c1. The molecular formula is C24H17Cl2F4N3O3. The molecule has 1 aromatic heterocycles. The van der Waals surface area contributed by atoms with Gasteiger partial charge in [0.05, 0.1) is 10.6 Å². The van der Waals surface area contributed by atoms with E-state index in [1.54, 1.807) is 6.92 Å². The van der Waals surface area contributed by atoms with Gasteiger partial charge in [0, 0.05) is 41.5 Å². The number of hydrogen-bond acceptors (Lipinski definition) is 5. The molecule has 0 aliphatic rings. The van der Waals surface area contributed by atoms with E-state index in [0.717, 1.165) is 18.2 Å². The number of ether oxygens (including phenoxy) is 1. The van der Waals surface area contributed by atoms with Crippen molar-refractivity contribution in [2.24, 2.45) is 4.99 Å². The Morgan fingerprint density at radius 1 is 1.06 bits per heavy atom. The fraction of sp³-hybridized carbons (Fsp3) is 0.167. The van der Waals surface area contributed by atoms with Crippen LogP contribution >= 0.6 is 23.2 Å². The predicted octanol–water partition coefficient (Wildman–Crippen LogP) is 6.54. The Hall–Kier alpha value is -3.50. The van der Waals surface area contributed by atoms with E-state index >= 15 is 0 Å². The van der Waals surface area contributed by atoms with Gasteiger partial charge in [0.1, 0.15) is 17.4 Å². The summed E-state index contributed by atoms with van der Waals surface area (Å²) in [4.78, 5) is 33.7. The molecule has 0 unspecified atom stereocenters. The lowest BCUT2D eigenvalue weighted by atomic mass is 9.96. The molecular weight excluding hydrogens is 525 g/mol. The highest BCUT2D eigenvalue weighted by Crippen LogP contribution is 2.34. The number of hydrogen-bond donors (Lipinski definition) is 1. The molecule has 0 fully saturated rings. The Morgan fingerprint density at radius 3 is 2.36 bits per heavy atom. The number of aliphatic imine (C=N–C) groups is 1. The van der Waals surface area contributed by atoms with Crippen molar-refractivity contribution < 1.29 is 31.9 Å². The van der Waals surface area contributed by atoms with Crippen LogP contribution in [0.3, 0.4) is 0 Å². The van der Waals surface area contributed by atoms with Crippen molar-refractivity contribution >= 4 is 46.4 Å². The van der Waals surface area contributed by atoms with E-state index < -0.39 is 47.2 Å². The number of rotatable bonds is 7. The smallest absolute Gasteiger partial charge is 0.405 e. The summed E-state index contributed by atoms with van der Waals surface area (Å²) in [5.74, 6) is -3.55. The van der Waals surface area contributed by atoms with Crippen LogP contribution in [0.15, 0.2) is 53.7 Å². The molecule has 188 valence electrons. The maximum Gasteiger partial charge on any atom is 0.573 e. The van der Waals surface area contributed by atoms with Crippen LogP contribution < -0.4 is 10.1 Å². The Labute approximate surface area is 212 Å². The molecule has 36 heavy (non-hydrogen) atoms. The zero-order valence-corrected chi connectivity index (χ0v) is 20.2. The van der Waals surface area contributed by atoms with Gasteiger partial charge in [-0.25, -0.2) is 9.37 Å². The maximum atomic E-state index is 14.7. The van der Waals surface area contributed by atoms with Gasteiger partial charge < -0.3 is 10.1 Å². The van der Waals surface area contributed by atoms with Crippen LogP contribution in [0, 0.1) is 5.82 Å². The highest BCUT2D eigenvalue weighted by Gasteiger charge is 2.34. The molecule has 3 rings (SSSR count). The Morgan fingerprint density at radius 2 is 1.78 bits per heavy atom. The van der Waals surface area contributed by atoms with Crippen molar-refractivity contribution in [1.29, 1.82) is 0 Å². The average Bonchev–Trinajstić information content (AvgIpc) is 2.80. The molecule has 0 saturated carbocycles. The van der Waals surface area contributed by atoms with E-state index in [1.807, 2.05) is 0 Å². The summed E-state index contributed by atoms with van der Waals surface area (Å²) in [7, 11) is 1.52. The number of Topliss-reactive ketones (excluding diaryl/α,β-unsaturated/α-hetero) is 1. The largest absolute Gasteiger partial charge is 0.573 e. The van der Waals surface area contributed by atoms with Crippen LogP contribution in [0.25, 0.3) is 0 Å². The molecule has 1 heterocycles. The Kier molecular flexibility index (Phi) is 8.31. The van der Waals surface area contributed by atoms with Gasteiger partial charge in [-0.1, -0.05) is 29.3 Å². The van der Waals surface area contributed by atoms with E-state index in [4.69, 9.17) is 23.2 Å². The van der Waals surface area contributed by atoms with E-state index in [1.165, 1.54) is 37.5 Å². The monoisotopic (exact) mass is 541 g/mol. The lowest BCUT2D eigenvalue weighted by molar-refractivity contribution is -0.274. The average molecular weight is 542 g/mol. The van der Waals surface area contributed by atoms with Gasteiger partial charge in [0.15, 0.2) is 5.78 Å². The molecule has 0 bridgehead atoms. The number of alkyl halides is 3. The van der Waals surface area contributed by atoms with E-state index in [0.29, 0.717) is 11.3 Å². The minimum absolute atomic E-state index is 0.0366. The Balaban J connectivity index is 2.04. The molecule has 0 aliphatic heterocycles. The zero-order chi connectivity index (χ0) is 26.6. The van der Waals surface area contributed by atoms with Crippen LogP contribution in [-0.2, 0) is 6.42 Å². The summed E-state index contributed by atoms with van der Waals surface area (Å²) in [5, 5.41) is 2.42. The highest BCUT2D eigenvalue weighted by molar-refractivity contribution is 6.31. The second kappa shape index (κ2) is 11.0. The van der Waals surface area contributed by atoms with E-state index in [9.17, 15) is 27.2 Å². The van der Waals surface area contributed by atoms with Crippen LogP contribution in [0.1, 0.15) is 38.8 Å². The normalized spacial score (nSPS) is 11.8. The van der Waals surface area contributed by atoms with E-state index in [-0.39, 0.29) is 21.4 Å². The molecule has 0 radical (unpaired) electrons. The van der Waals surface area contributed by atoms with Crippen molar-refractivity contribution in [2.75, 3.05) is 12.4 Å². The second-order valence-corrected chi connectivity index (χ2v) is 8.27. The third kappa shape index (κ3) is 6.79. The molecule has 2 aromatic carbocycles. The third-order valence-corrected chi connectivity index (χ3v) is 5.41. The summed E-state index contributed by atoms with van der Waals surface area (Å²) in [6.07, 6.45) is -4.70. The summed E-state index contributed by atoms with van der Waals surface area (Å²) < 4.78 is 58.1. The maximum absolute atomic E-state index is 14.7. The third-order valence-electron chi connectivity index (χ3n) is 4.97. The first-order valence-electron chi connectivity index (χ1n) is 10.2. The van der Waals surface area contributed by atoms with Gasteiger partial charge in [0.25, 0.3) is 5.91 Å².